The van der Waals surface area contributed by atoms with Crippen molar-refractivity contribution in [2.45, 2.75) is 45.3 Å². The van der Waals surface area contributed by atoms with Gasteiger partial charge < -0.3 is 9.80 Å². The number of rotatable bonds is 5. The Balaban J connectivity index is 1.26. The number of anilines is 1. The van der Waals surface area contributed by atoms with Crippen LogP contribution in [0.1, 0.15) is 41.5 Å². The highest BCUT2D eigenvalue weighted by atomic mass is 35.5. The number of amides is 2. The number of carbonyl (C=O) groups excluding carboxylic acids is 2. The van der Waals surface area contributed by atoms with Crippen LogP contribution in [0, 0.1) is 5.92 Å². The molecule has 7 heteroatoms. The van der Waals surface area contributed by atoms with Crippen LogP contribution in [0.15, 0.2) is 72.8 Å². The smallest absolute Gasteiger partial charge is 0.237 e. The second kappa shape index (κ2) is 12.8. The second-order valence-corrected chi connectivity index (χ2v) is 12.1. The predicted octanol–water partition coefficient (Wildman–Crippen LogP) is 5.38. The largest absolute Gasteiger partial charge is 0.336 e. The monoisotopic (exact) mass is 570 g/mol. The van der Waals surface area contributed by atoms with Gasteiger partial charge in [0.05, 0.1) is 12.2 Å². The van der Waals surface area contributed by atoms with Crippen LogP contribution in [0.5, 0.6) is 0 Å². The maximum Gasteiger partial charge on any atom is 0.237 e. The molecule has 0 spiro atoms. The summed E-state index contributed by atoms with van der Waals surface area (Å²) < 4.78 is 0. The summed E-state index contributed by atoms with van der Waals surface area (Å²) in [6.07, 6.45) is 3.73. The number of fused-ring (bicyclic) bond motifs is 2. The number of halogens is 1. The fourth-order valence-corrected chi connectivity index (χ4v) is 6.29. The maximum atomic E-state index is 14.0. The van der Waals surface area contributed by atoms with Crippen molar-refractivity contribution in [3.8, 4) is 0 Å². The summed E-state index contributed by atoms with van der Waals surface area (Å²) in [6.45, 7) is 6.26. The number of carbonyl (C=O) groups is 2. The quantitative estimate of drug-likeness (QED) is 0.413. The minimum Gasteiger partial charge on any atom is -0.336 e. The Bertz CT molecular complexity index is 1380. The summed E-state index contributed by atoms with van der Waals surface area (Å²) >= 11 is 6.49. The van der Waals surface area contributed by atoms with Gasteiger partial charge in [0.1, 0.15) is 0 Å². The lowest BCUT2D eigenvalue weighted by Gasteiger charge is -2.32. The Morgan fingerprint density at radius 3 is 2.34 bits per heavy atom. The average molecular weight is 571 g/mol. The van der Waals surface area contributed by atoms with Crippen molar-refractivity contribution in [3.63, 3.8) is 0 Å². The molecule has 3 aromatic carbocycles. The zero-order valence-corrected chi connectivity index (χ0v) is 24.4. The third kappa shape index (κ3) is 7.00. The van der Waals surface area contributed by atoms with Crippen LogP contribution in [0.4, 0.5) is 5.69 Å². The van der Waals surface area contributed by atoms with Gasteiger partial charge in [-0.05, 0) is 60.1 Å². The number of nitrogens with zero attached hydrogens (tertiary/aromatic N) is 4. The first-order valence-electron chi connectivity index (χ1n) is 15.0. The number of hydrogen-bond donors (Lipinski definition) is 0. The van der Waals surface area contributed by atoms with Gasteiger partial charge in [-0.25, -0.2) is 0 Å². The van der Waals surface area contributed by atoms with Gasteiger partial charge in [0.15, 0.2) is 0 Å². The van der Waals surface area contributed by atoms with E-state index in [4.69, 9.17) is 11.6 Å². The van der Waals surface area contributed by atoms with Gasteiger partial charge in [0.25, 0.3) is 0 Å². The Kier molecular flexibility index (Phi) is 8.70. The summed E-state index contributed by atoms with van der Waals surface area (Å²) in [5, 5.41) is 0.614. The second-order valence-electron chi connectivity index (χ2n) is 11.7. The first-order chi connectivity index (χ1) is 20.0. The fraction of sp³-hybridized carbons (Fsp3) is 0.412. The highest BCUT2D eigenvalue weighted by Crippen LogP contribution is 2.35. The van der Waals surface area contributed by atoms with E-state index in [0.717, 1.165) is 69.7 Å². The molecule has 214 valence electrons. The topological polar surface area (TPSA) is 47.1 Å². The normalized spacial score (nSPS) is 18.8. The predicted molar refractivity (Wildman–Crippen MR) is 164 cm³/mol. The van der Waals surface area contributed by atoms with E-state index in [-0.39, 0.29) is 17.7 Å². The van der Waals surface area contributed by atoms with E-state index in [1.807, 2.05) is 34.1 Å². The molecule has 0 atom stereocenters. The number of benzene rings is 3. The van der Waals surface area contributed by atoms with Crippen molar-refractivity contribution in [3.05, 3.63) is 100 Å². The standard InChI is InChI=1S/C34H39ClN4O2/c35-31-14-13-30-24-38(33(40)25-37-18-15-27-9-4-5-10-29(27)23-37)20-19-36(22-26-7-2-1-3-8-26)16-6-17-39(32(30)21-31)34(41)28-11-12-28/h1-5,7-10,13-14,21,28H,6,11-12,15-20,22-25H2. The van der Waals surface area contributed by atoms with Crippen LogP contribution in [0.3, 0.4) is 0 Å². The van der Waals surface area contributed by atoms with Crippen molar-refractivity contribution in [2.24, 2.45) is 5.92 Å². The third-order valence-corrected chi connectivity index (χ3v) is 8.84. The van der Waals surface area contributed by atoms with E-state index in [1.165, 1.54) is 16.7 Å². The lowest BCUT2D eigenvalue weighted by Crippen LogP contribution is -2.44. The first kappa shape index (κ1) is 28.0. The Labute approximate surface area is 248 Å². The summed E-state index contributed by atoms with van der Waals surface area (Å²) in [6, 6.07) is 24.8. The molecule has 0 radical (unpaired) electrons. The molecular weight excluding hydrogens is 532 g/mol. The van der Waals surface area contributed by atoms with Crippen LogP contribution >= 0.6 is 11.6 Å². The van der Waals surface area contributed by atoms with E-state index in [2.05, 4.69) is 58.3 Å². The maximum absolute atomic E-state index is 14.0. The minimum absolute atomic E-state index is 0.104. The van der Waals surface area contributed by atoms with Crippen LogP contribution in [-0.4, -0.2) is 65.8 Å². The molecule has 6 nitrogen and oxygen atoms in total. The zero-order valence-electron chi connectivity index (χ0n) is 23.7. The van der Waals surface area contributed by atoms with Crippen molar-refractivity contribution < 1.29 is 9.59 Å². The van der Waals surface area contributed by atoms with Crippen LogP contribution in [0.2, 0.25) is 5.02 Å². The molecule has 1 saturated carbocycles. The molecule has 2 heterocycles. The van der Waals surface area contributed by atoms with E-state index >= 15 is 0 Å². The number of hydrogen-bond acceptors (Lipinski definition) is 4. The van der Waals surface area contributed by atoms with Crippen molar-refractivity contribution in [1.29, 1.82) is 0 Å². The summed E-state index contributed by atoms with van der Waals surface area (Å²) in [5.41, 5.74) is 5.79. The van der Waals surface area contributed by atoms with Crippen LogP contribution in [-0.2, 0) is 35.6 Å². The van der Waals surface area contributed by atoms with E-state index < -0.39 is 0 Å². The minimum atomic E-state index is 0.104. The molecule has 0 N–H and O–H groups in total. The molecule has 2 amide bonds. The molecule has 41 heavy (non-hydrogen) atoms. The van der Waals surface area contributed by atoms with Crippen molar-refractivity contribution in [1.82, 2.24) is 14.7 Å². The van der Waals surface area contributed by atoms with Gasteiger partial charge in [-0.2, -0.15) is 0 Å². The molecule has 2 aliphatic heterocycles. The first-order valence-corrected chi connectivity index (χ1v) is 15.3. The van der Waals surface area contributed by atoms with Gasteiger partial charge in [-0.1, -0.05) is 72.3 Å². The highest BCUT2D eigenvalue weighted by Gasteiger charge is 2.35. The molecule has 0 bridgehead atoms. The van der Waals surface area contributed by atoms with Gasteiger partial charge in [-0.3, -0.25) is 19.4 Å². The van der Waals surface area contributed by atoms with Gasteiger partial charge in [0.2, 0.25) is 11.8 Å². The van der Waals surface area contributed by atoms with Gasteiger partial charge in [0, 0.05) is 63.3 Å². The molecule has 1 fully saturated rings. The molecule has 3 aromatic rings. The lowest BCUT2D eigenvalue weighted by atomic mass is 10.00. The molecule has 0 unspecified atom stereocenters. The van der Waals surface area contributed by atoms with E-state index in [0.29, 0.717) is 31.2 Å². The summed E-state index contributed by atoms with van der Waals surface area (Å²) in [4.78, 5) is 36.1. The SMILES string of the molecule is O=C(CN1CCc2ccccc2C1)N1CCN(Cc2ccccc2)CCCN(C(=O)C2CC2)c2cc(Cl)ccc2C1. The van der Waals surface area contributed by atoms with Gasteiger partial charge in [-0.15, -0.1) is 0 Å². The molecule has 0 aromatic heterocycles. The zero-order chi connectivity index (χ0) is 28.2. The Morgan fingerprint density at radius 1 is 0.756 bits per heavy atom. The summed E-state index contributed by atoms with van der Waals surface area (Å²) in [7, 11) is 0. The van der Waals surface area contributed by atoms with Gasteiger partial charge >= 0.3 is 0 Å². The van der Waals surface area contributed by atoms with E-state index in [9.17, 15) is 9.59 Å². The molecular formula is C34H39ClN4O2. The van der Waals surface area contributed by atoms with Crippen molar-refractivity contribution >= 4 is 29.1 Å². The lowest BCUT2D eigenvalue weighted by molar-refractivity contribution is -0.133. The Hall–Kier alpha value is -3.19. The molecule has 6 rings (SSSR count). The van der Waals surface area contributed by atoms with Crippen LogP contribution < -0.4 is 4.90 Å². The Morgan fingerprint density at radius 2 is 1.54 bits per heavy atom. The highest BCUT2D eigenvalue weighted by molar-refractivity contribution is 6.31. The third-order valence-electron chi connectivity index (χ3n) is 8.60. The summed E-state index contributed by atoms with van der Waals surface area (Å²) in [5.74, 6) is 0.420. The molecule has 3 aliphatic rings. The average Bonchev–Trinajstić information content (AvgIpc) is 3.84. The van der Waals surface area contributed by atoms with Crippen LogP contribution in [0.25, 0.3) is 0 Å². The fourth-order valence-electron chi connectivity index (χ4n) is 6.13. The molecule has 0 saturated heterocycles. The van der Waals surface area contributed by atoms with Crippen molar-refractivity contribution in [2.75, 3.05) is 44.2 Å². The van der Waals surface area contributed by atoms with E-state index in [1.54, 1.807) is 0 Å². The molecule has 1 aliphatic carbocycles.